The largest absolute Gasteiger partial charge is 0.480 e. The zero-order valence-electron chi connectivity index (χ0n) is 11.0. The summed E-state index contributed by atoms with van der Waals surface area (Å²) < 4.78 is 25.5. The number of rotatable bonds is 5. The minimum atomic E-state index is -2.35. The van der Waals surface area contributed by atoms with Crippen molar-refractivity contribution in [3.05, 3.63) is 21.6 Å². The molecule has 2 heterocycles. The Morgan fingerprint density at radius 3 is 2.90 bits per heavy atom. The van der Waals surface area contributed by atoms with Crippen molar-refractivity contribution in [3.8, 4) is 0 Å². The molecule has 0 amide bonds. The second kappa shape index (κ2) is 6.38. The van der Waals surface area contributed by atoms with E-state index in [9.17, 15) is 18.4 Å². The molecule has 0 radical (unpaired) electrons. The molecule has 1 atom stereocenters. The van der Waals surface area contributed by atoms with Crippen LogP contribution < -0.4 is 10.5 Å². The number of hydrogen-bond donors (Lipinski definition) is 1. The SMILES string of the molecule is O=C(O)Cn1ncc(N2CCC(CC(F)F)C2)c(Cl)c1=O. The quantitative estimate of drug-likeness (QED) is 0.888. The van der Waals surface area contributed by atoms with E-state index in [-0.39, 0.29) is 17.4 Å². The molecule has 116 valence electrons. The van der Waals surface area contributed by atoms with Crippen LogP contribution in [0.1, 0.15) is 12.8 Å². The van der Waals surface area contributed by atoms with Crippen molar-refractivity contribution in [2.75, 3.05) is 18.0 Å². The number of carboxylic acids is 1. The molecule has 6 nitrogen and oxygen atoms in total. The molecule has 21 heavy (non-hydrogen) atoms. The lowest BCUT2D eigenvalue weighted by Crippen LogP contribution is -2.30. The normalized spacial score (nSPS) is 18.5. The second-order valence-electron chi connectivity index (χ2n) is 4.93. The molecule has 1 saturated heterocycles. The van der Waals surface area contributed by atoms with E-state index < -0.39 is 24.5 Å². The number of aromatic nitrogens is 2. The van der Waals surface area contributed by atoms with Crippen LogP contribution in [-0.2, 0) is 11.3 Å². The Labute approximate surface area is 123 Å². The summed E-state index contributed by atoms with van der Waals surface area (Å²) in [4.78, 5) is 24.2. The number of halogens is 3. The monoisotopic (exact) mass is 321 g/mol. The molecular formula is C12H14ClF2N3O3. The van der Waals surface area contributed by atoms with E-state index in [0.29, 0.717) is 25.2 Å². The molecule has 0 aliphatic carbocycles. The molecule has 1 fully saturated rings. The van der Waals surface area contributed by atoms with Crippen LogP contribution in [0.25, 0.3) is 0 Å². The van der Waals surface area contributed by atoms with Crippen molar-refractivity contribution >= 4 is 23.3 Å². The number of carbonyl (C=O) groups is 1. The van der Waals surface area contributed by atoms with Crippen LogP contribution >= 0.6 is 11.6 Å². The Balaban J connectivity index is 2.17. The Hall–Kier alpha value is -1.70. The van der Waals surface area contributed by atoms with Gasteiger partial charge in [-0.05, 0) is 12.3 Å². The van der Waals surface area contributed by atoms with Crippen molar-refractivity contribution in [2.24, 2.45) is 5.92 Å². The first-order chi connectivity index (χ1) is 9.88. The number of carboxylic acid groups (broad SMARTS) is 1. The Kier molecular flexibility index (Phi) is 4.76. The molecule has 2 rings (SSSR count). The van der Waals surface area contributed by atoms with E-state index >= 15 is 0 Å². The molecule has 1 aromatic heterocycles. The number of hydrogen-bond acceptors (Lipinski definition) is 4. The van der Waals surface area contributed by atoms with E-state index in [1.165, 1.54) is 6.20 Å². The third kappa shape index (κ3) is 3.69. The summed E-state index contributed by atoms with van der Waals surface area (Å²) in [6.45, 7) is 0.322. The molecule has 9 heteroatoms. The Morgan fingerprint density at radius 1 is 1.57 bits per heavy atom. The van der Waals surface area contributed by atoms with Crippen molar-refractivity contribution in [3.63, 3.8) is 0 Å². The maximum atomic E-state index is 12.4. The molecule has 0 spiro atoms. The maximum absolute atomic E-state index is 12.4. The smallest absolute Gasteiger partial charge is 0.325 e. The highest BCUT2D eigenvalue weighted by Gasteiger charge is 2.27. The van der Waals surface area contributed by atoms with Gasteiger partial charge in [0, 0.05) is 19.5 Å². The molecule has 0 saturated carbocycles. The average Bonchev–Trinajstić information content (AvgIpc) is 2.82. The van der Waals surface area contributed by atoms with Gasteiger partial charge >= 0.3 is 5.97 Å². The van der Waals surface area contributed by atoms with Crippen molar-refractivity contribution < 1.29 is 18.7 Å². The number of aliphatic carboxylic acids is 1. The molecule has 1 N–H and O–H groups in total. The minimum Gasteiger partial charge on any atom is -0.480 e. The van der Waals surface area contributed by atoms with Crippen LogP contribution in [0.2, 0.25) is 5.02 Å². The number of nitrogens with zero attached hydrogens (tertiary/aromatic N) is 3. The highest BCUT2D eigenvalue weighted by molar-refractivity contribution is 6.33. The summed E-state index contributed by atoms with van der Waals surface area (Å²) in [5.74, 6) is -1.35. The first-order valence-corrected chi connectivity index (χ1v) is 6.76. The van der Waals surface area contributed by atoms with Gasteiger partial charge in [-0.2, -0.15) is 5.10 Å². The van der Waals surface area contributed by atoms with Crippen molar-refractivity contribution in [2.45, 2.75) is 25.8 Å². The summed E-state index contributed by atoms with van der Waals surface area (Å²) in [6, 6.07) is 0. The first kappa shape index (κ1) is 15.7. The fraction of sp³-hybridized carbons (Fsp3) is 0.583. The van der Waals surface area contributed by atoms with Crippen LogP contribution in [0.3, 0.4) is 0 Å². The van der Waals surface area contributed by atoms with Gasteiger partial charge < -0.3 is 10.0 Å². The minimum absolute atomic E-state index is 0.135. The van der Waals surface area contributed by atoms with Gasteiger partial charge in [-0.3, -0.25) is 9.59 Å². The maximum Gasteiger partial charge on any atom is 0.325 e. The average molecular weight is 322 g/mol. The highest BCUT2D eigenvalue weighted by Crippen LogP contribution is 2.29. The van der Waals surface area contributed by atoms with E-state index in [1.54, 1.807) is 4.90 Å². The summed E-state index contributed by atoms with van der Waals surface area (Å²) in [6.07, 6.45) is -0.638. The summed E-state index contributed by atoms with van der Waals surface area (Å²) in [5.41, 5.74) is -0.339. The van der Waals surface area contributed by atoms with E-state index in [2.05, 4.69) is 5.10 Å². The third-order valence-electron chi connectivity index (χ3n) is 3.39. The van der Waals surface area contributed by atoms with Crippen LogP contribution in [0, 0.1) is 5.92 Å². The fourth-order valence-corrected chi connectivity index (χ4v) is 2.68. The lowest BCUT2D eigenvalue weighted by molar-refractivity contribution is -0.138. The summed E-state index contributed by atoms with van der Waals surface area (Å²) in [7, 11) is 0. The van der Waals surface area contributed by atoms with Gasteiger partial charge in [0.1, 0.15) is 11.6 Å². The van der Waals surface area contributed by atoms with Gasteiger partial charge in [0.15, 0.2) is 0 Å². The first-order valence-electron chi connectivity index (χ1n) is 6.39. The Bertz CT molecular complexity index is 594. The summed E-state index contributed by atoms with van der Waals surface area (Å²) >= 11 is 5.96. The van der Waals surface area contributed by atoms with Crippen LogP contribution in [-0.4, -0.2) is 40.4 Å². The summed E-state index contributed by atoms with van der Waals surface area (Å²) in [5, 5.41) is 12.3. The molecular weight excluding hydrogens is 308 g/mol. The van der Waals surface area contributed by atoms with Gasteiger partial charge in [0.2, 0.25) is 6.43 Å². The molecule has 1 aliphatic heterocycles. The van der Waals surface area contributed by atoms with Crippen molar-refractivity contribution in [1.82, 2.24) is 9.78 Å². The van der Waals surface area contributed by atoms with E-state index in [0.717, 1.165) is 4.68 Å². The Morgan fingerprint density at radius 2 is 2.29 bits per heavy atom. The molecule has 1 aliphatic rings. The lowest BCUT2D eigenvalue weighted by Gasteiger charge is -2.19. The predicted molar refractivity (Wildman–Crippen MR) is 72.1 cm³/mol. The fourth-order valence-electron chi connectivity index (χ4n) is 2.41. The van der Waals surface area contributed by atoms with E-state index in [1.807, 2.05) is 0 Å². The topological polar surface area (TPSA) is 75.4 Å². The van der Waals surface area contributed by atoms with Crippen molar-refractivity contribution in [1.29, 1.82) is 0 Å². The highest BCUT2D eigenvalue weighted by atomic mass is 35.5. The van der Waals surface area contributed by atoms with Gasteiger partial charge in [-0.25, -0.2) is 13.5 Å². The second-order valence-corrected chi connectivity index (χ2v) is 5.31. The zero-order valence-corrected chi connectivity index (χ0v) is 11.8. The van der Waals surface area contributed by atoms with Crippen LogP contribution in [0.15, 0.2) is 11.0 Å². The molecule has 0 bridgehead atoms. The van der Waals surface area contributed by atoms with Gasteiger partial charge in [-0.15, -0.1) is 0 Å². The molecule has 0 aromatic carbocycles. The number of anilines is 1. The zero-order chi connectivity index (χ0) is 15.6. The number of alkyl halides is 2. The van der Waals surface area contributed by atoms with Gasteiger partial charge in [-0.1, -0.05) is 11.6 Å². The van der Waals surface area contributed by atoms with Crippen LogP contribution in [0.5, 0.6) is 0 Å². The van der Waals surface area contributed by atoms with Gasteiger partial charge in [0.05, 0.1) is 11.9 Å². The molecule has 1 unspecified atom stereocenters. The van der Waals surface area contributed by atoms with Crippen LogP contribution in [0.4, 0.5) is 14.5 Å². The van der Waals surface area contributed by atoms with E-state index in [4.69, 9.17) is 16.7 Å². The third-order valence-corrected chi connectivity index (χ3v) is 3.74. The molecule has 1 aromatic rings. The standard InChI is InChI=1S/C12H14ClF2N3O3/c13-11-8(4-16-18(12(11)21)6-10(19)20)17-2-1-7(5-17)3-9(14)15/h4,7,9H,1-3,5-6H2,(H,19,20). The lowest BCUT2D eigenvalue weighted by atomic mass is 10.1. The van der Waals surface area contributed by atoms with Gasteiger partial charge in [0.25, 0.3) is 5.56 Å². The predicted octanol–water partition coefficient (Wildman–Crippen LogP) is 1.46.